The Hall–Kier alpha value is -0.570. The van der Waals surface area contributed by atoms with Crippen molar-refractivity contribution < 1.29 is 9.53 Å². The summed E-state index contributed by atoms with van der Waals surface area (Å²) < 4.78 is 4.61. The van der Waals surface area contributed by atoms with Gasteiger partial charge in [0, 0.05) is 12.5 Å². The number of hydrogen-bond acceptors (Lipinski definition) is 3. The third-order valence-corrected chi connectivity index (χ3v) is 3.19. The summed E-state index contributed by atoms with van der Waals surface area (Å²) in [5.41, 5.74) is 5.92. The molecule has 0 unspecified atom stereocenters. The number of ether oxygens (including phenoxy) is 1. The molecule has 0 bridgehead atoms. The zero-order valence-corrected chi connectivity index (χ0v) is 7.96. The molecule has 0 heterocycles. The highest BCUT2D eigenvalue weighted by Gasteiger charge is 2.46. The molecule has 1 fully saturated rings. The van der Waals surface area contributed by atoms with Crippen LogP contribution in [0, 0.1) is 11.3 Å². The molecular formula is C9H17NO2. The number of esters is 1. The normalized spacial score (nSPS) is 32.3. The largest absolute Gasteiger partial charge is 0.469 e. The fourth-order valence-corrected chi connectivity index (χ4v) is 1.69. The summed E-state index contributed by atoms with van der Waals surface area (Å²) in [6.07, 6.45) is 1.46. The second kappa shape index (κ2) is 3.05. The molecule has 1 rings (SSSR count). The van der Waals surface area contributed by atoms with Gasteiger partial charge in [0.2, 0.25) is 0 Å². The summed E-state index contributed by atoms with van der Waals surface area (Å²) in [5, 5.41) is 0. The van der Waals surface area contributed by atoms with Crippen LogP contribution in [0.25, 0.3) is 0 Å². The molecule has 12 heavy (non-hydrogen) atoms. The van der Waals surface area contributed by atoms with E-state index in [1.807, 2.05) is 0 Å². The first-order valence-corrected chi connectivity index (χ1v) is 4.31. The lowest BCUT2D eigenvalue weighted by atomic mass is 9.58. The van der Waals surface area contributed by atoms with Crippen molar-refractivity contribution in [1.29, 1.82) is 0 Å². The number of carbonyl (C=O) groups is 1. The van der Waals surface area contributed by atoms with Crippen molar-refractivity contribution in [2.24, 2.45) is 17.1 Å². The van der Waals surface area contributed by atoms with E-state index >= 15 is 0 Å². The molecule has 1 saturated carbocycles. The van der Waals surface area contributed by atoms with E-state index < -0.39 is 0 Å². The minimum absolute atomic E-state index is 0.105. The number of methoxy groups -OCH3 is 1. The van der Waals surface area contributed by atoms with Crippen LogP contribution in [0.3, 0.4) is 0 Å². The predicted molar refractivity (Wildman–Crippen MR) is 46.5 cm³/mol. The van der Waals surface area contributed by atoms with Gasteiger partial charge in [-0.15, -0.1) is 0 Å². The molecule has 0 saturated heterocycles. The lowest BCUT2D eigenvalue weighted by molar-refractivity contribution is -0.145. The molecule has 0 aromatic rings. The molecule has 3 heteroatoms. The highest BCUT2D eigenvalue weighted by molar-refractivity contribution is 5.69. The van der Waals surface area contributed by atoms with Crippen LogP contribution in [0.2, 0.25) is 0 Å². The average molecular weight is 171 g/mol. The van der Waals surface area contributed by atoms with Gasteiger partial charge in [0.1, 0.15) is 0 Å². The van der Waals surface area contributed by atoms with Crippen LogP contribution in [0.15, 0.2) is 0 Å². The van der Waals surface area contributed by atoms with Gasteiger partial charge in [-0.3, -0.25) is 4.79 Å². The maximum absolute atomic E-state index is 10.9. The van der Waals surface area contributed by atoms with Crippen molar-refractivity contribution in [3.63, 3.8) is 0 Å². The molecule has 0 amide bonds. The van der Waals surface area contributed by atoms with E-state index in [1.165, 1.54) is 7.11 Å². The average Bonchev–Trinajstić information content (AvgIpc) is 2.03. The van der Waals surface area contributed by atoms with E-state index in [-0.39, 0.29) is 17.4 Å². The maximum Gasteiger partial charge on any atom is 0.305 e. The van der Waals surface area contributed by atoms with Crippen LogP contribution >= 0.6 is 0 Å². The summed E-state index contributed by atoms with van der Waals surface area (Å²) in [7, 11) is 1.42. The Bertz CT molecular complexity index is 189. The first-order chi connectivity index (χ1) is 5.48. The van der Waals surface area contributed by atoms with E-state index in [1.54, 1.807) is 0 Å². The van der Waals surface area contributed by atoms with Gasteiger partial charge in [-0.05, 0) is 17.8 Å². The molecule has 1 aliphatic carbocycles. The SMILES string of the molecule is COC(=O)C[C@H]1C[C@@H](N)C1(C)C. The topological polar surface area (TPSA) is 52.3 Å². The zero-order valence-electron chi connectivity index (χ0n) is 7.96. The van der Waals surface area contributed by atoms with Crippen LogP contribution in [0.4, 0.5) is 0 Å². The van der Waals surface area contributed by atoms with Crippen LogP contribution in [0.1, 0.15) is 26.7 Å². The van der Waals surface area contributed by atoms with Crippen molar-refractivity contribution >= 4 is 5.97 Å². The molecule has 0 spiro atoms. The van der Waals surface area contributed by atoms with Gasteiger partial charge in [0.15, 0.2) is 0 Å². The predicted octanol–water partition coefficient (Wildman–Crippen LogP) is 0.923. The summed E-state index contributed by atoms with van der Waals surface area (Å²) in [6, 6.07) is 0.243. The van der Waals surface area contributed by atoms with Gasteiger partial charge in [-0.25, -0.2) is 0 Å². The van der Waals surface area contributed by atoms with Crippen molar-refractivity contribution in [2.45, 2.75) is 32.7 Å². The molecule has 3 nitrogen and oxygen atoms in total. The minimum Gasteiger partial charge on any atom is -0.469 e. The Balaban J connectivity index is 2.42. The Morgan fingerprint density at radius 2 is 2.25 bits per heavy atom. The summed E-state index contributed by atoms with van der Waals surface area (Å²) in [5.74, 6) is 0.278. The Morgan fingerprint density at radius 1 is 1.67 bits per heavy atom. The fraction of sp³-hybridized carbons (Fsp3) is 0.889. The van der Waals surface area contributed by atoms with Gasteiger partial charge in [-0.2, -0.15) is 0 Å². The Kier molecular flexibility index (Phi) is 2.42. The molecule has 1 aliphatic rings. The first-order valence-electron chi connectivity index (χ1n) is 4.31. The Labute approximate surface area is 73.3 Å². The molecule has 0 aromatic heterocycles. The van der Waals surface area contributed by atoms with Gasteiger partial charge in [-0.1, -0.05) is 13.8 Å². The standard InChI is InChI=1S/C9H17NO2/c1-9(2)6(4-7(9)10)5-8(11)12-3/h6-7H,4-5,10H2,1-3H3/t6-,7-/m1/s1. The Morgan fingerprint density at radius 3 is 2.58 bits per heavy atom. The lowest BCUT2D eigenvalue weighted by Crippen LogP contribution is -2.54. The first kappa shape index (κ1) is 9.52. The van der Waals surface area contributed by atoms with Crippen LogP contribution < -0.4 is 5.73 Å². The molecule has 2 N–H and O–H groups in total. The van der Waals surface area contributed by atoms with Gasteiger partial charge in [0.25, 0.3) is 0 Å². The summed E-state index contributed by atoms with van der Waals surface area (Å²) >= 11 is 0. The number of rotatable bonds is 2. The monoisotopic (exact) mass is 171 g/mol. The maximum atomic E-state index is 10.9. The van der Waals surface area contributed by atoms with Crippen molar-refractivity contribution in [2.75, 3.05) is 7.11 Å². The summed E-state index contributed by atoms with van der Waals surface area (Å²) in [6.45, 7) is 4.21. The molecule has 70 valence electrons. The van der Waals surface area contributed by atoms with E-state index in [9.17, 15) is 4.79 Å². The fourth-order valence-electron chi connectivity index (χ4n) is 1.69. The number of carbonyl (C=O) groups excluding carboxylic acids is 1. The van der Waals surface area contributed by atoms with E-state index in [0.29, 0.717) is 12.3 Å². The second-order valence-electron chi connectivity index (χ2n) is 4.14. The molecule has 2 atom stereocenters. The van der Waals surface area contributed by atoms with Crippen LogP contribution in [-0.2, 0) is 9.53 Å². The van der Waals surface area contributed by atoms with E-state index in [2.05, 4.69) is 18.6 Å². The minimum atomic E-state index is -0.125. The van der Waals surface area contributed by atoms with Crippen molar-refractivity contribution in [3.8, 4) is 0 Å². The summed E-state index contributed by atoms with van der Waals surface area (Å²) in [4.78, 5) is 10.9. The van der Waals surface area contributed by atoms with Crippen molar-refractivity contribution in [3.05, 3.63) is 0 Å². The molecule has 0 aromatic carbocycles. The third-order valence-electron chi connectivity index (χ3n) is 3.19. The van der Waals surface area contributed by atoms with Gasteiger partial charge < -0.3 is 10.5 Å². The molecule has 0 aliphatic heterocycles. The molecule has 0 radical (unpaired) electrons. The third kappa shape index (κ3) is 1.46. The van der Waals surface area contributed by atoms with Gasteiger partial charge in [0.05, 0.1) is 7.11 Å². The quantitative estimate of drug-likeness (QED) is 0.629. The smallest absolute Gasteiger partial charge is 0.305 e. The van der Waals surface area contributed by atoms with E-state index in [0.717, 1.165) is 6.42 Å². The van der Waals surface area contributed by atoms with Crippen LogP contribution in [0.5, 0.6) is 0 Å². The number of nitrogens with two attached hydrogens (primary N) is 1. The van der Waals surface area contributed by atoms with Crippen molar-refractivity contribution in [1.82, 2.24) is 0 Å². The molecular weight excluding hydrogens is 154 g/mol. The van der Waals surface area contributed by atoms with E-state index in [4.69, 9.17) is 5.73 Å². The number of hydrogen-bond donors (Lipinski definition) is 1. The van der Waals surface area contributed by atoms with Gasteiger partial charge >= 0.3 is 5.97 Å². The zero-order chi connectivity index (χ0) is 9.35. The lowest BCUT2D eigenvalue weighted by Gasteiger charge is -2.50. The highest BCUT2D eigenvalue weighted by Crippen LogP contribution is 2.46. The highest BCUT2D eigenvalue weighted by atomic mass is 16.5. The second-order valence-corrected chi connectivity index (χ2v) is 4.14. The van der Waals surface area contributed by atoms with Crippen LogP contribution in [-0.4, -0.2) is 19.1 Å².